The van der Waals surface area contributed by atoms with E-state index in [1.807, 2.05) is 20.2 Å². The molecule has 17 heavy (non-hydrogen) atoms. The van der Waals surface area contributed by atoms with Crippen molar-refractivity contribution in [2.75, 3.05) is 25.5 Å². The highest BCUT2D eigenvalue weighted by molar-refractivity contribution is 5.31. The van der Waals surface area contributed by atoms with E-state index in [1.54, 1.807) is 0 Å². The van der Waals surface area contributed by atoms with Crippen LogP contribution in [0.5, 0.6) is 0 Å². The molecule has 1 rings (SSSR count). The van der Waals surface area contributed by atoms with Crippen LogP contribution in [0.3, 0.4) is 0 Å². The third kappa shape index (κ3) is 3.97. The first-order valence-electron chi connectivity index (χ1n) is 6.26. The molecule has 0 spiro atoms. The fourth-order valence-corrected chi connectivity index (χ4v) is 1.71. The first-order valence-corrected chi connectivity index (χ1v) is 6.26. The smallest absolute Gasteiger partial charge is 0.225 e. The predicted octanol–water partition coefficient (Wildman–Crippen LogP) is 1.99. The van der Waals surface area contributed by atoms with Crippen molar-refractivity contribution in [3.8, 4) is 0 Å². The topological polar surface area (TPSA) is 41.1 Å². The Morgan fingerprint density at radius 1 is 1.47 bits per heavy atom. The van der Waals surface area contributed by atoms with Crippen molar-refractivity contribution >= 4 is 5.95 Å². The Kier molecular flexibility index (Phi) is 5.35. The van der Waals surface area contributed by atoms with Crippen LogP contribution >= 0.6 is 0 Å². The Morgan fingerprint density at radius 2 is 2.18 bits per heavy atom. The second-order valence-electron chi connectivity index (χ2n) is 4.70. The van der Waals surface area contributed by atoms with Crippen LogP contribution in [0.1, 0.15) is 31.5 Å². The molecule has 0 saturated carbocycles. The van der Waals surface area contributed by atoms with Crippen LogP contribution in [0.4, 0.5) is 5.95 Å². The molecule has 1 N–H and O–H groups in total. The minimum Gasteiger partial charge on any atom is -0.344 e. The van der Waals surface area contributed by atoms with Gasteiger partial charge in [-0.2, -0.15) is 0 Å². The molecule has 1 atom stereocenters. The minimum atomic E-state index is 0.667. The molecule has 4 heteroatoms. The SMILES string of the molecule is CCC(C)CN(C)c1ncc(CNC)c(C)n1. The van der Waals surface area contributed by atoms with E-state index in [0.29, 0.717) is 5.92 Å². The van der Waals surface area contributed by atoms with Gasteiger partial charge in [-0.05, 0) is 19.9 Å². The molecule has 0 aromatic carbocycles. The fraction of sp³-hybridized carbons (Fsp3) is 0.692. The van der Waals surface area contributed by atoms with Gasteiger partial charge in [0, 0.05) is 37.6 Å². The molecule has 0 saturated heterocycles. The molecule has 4 nitrogen and oxygen atoms in total. The number of nitrogens with zero attached hydrogens (tertiary/aromatic N) is 3. The zero-order valence-corrected chi connectivity index (χ0v) is 11.6. The molecule has 96 valence electrons. The monoisotopic (exact) mass is 236 g/mol. The summed E-state index contributed by atoms with van der Waals surface area (Å²) >= 11 is 0. The Labute approximate surface area is 104 Å². The number of aromatic nitrogens is 2. The summed E-state index contributed by atoms with van der Waals surface area (Å²) in [5, 5.41) is 3.12. The minimum absolute atomic E-state index is 0.667. The third-order valence-electron chi connectivity index (χ3n) is 3.06. The Morgan fingerprint density at radius 3 is 2.71 bits per heavy atom. The Balaban J connectivity index is 2.75. The van der Waals surface area contributed by atoms with Crippen molar-refractivity contribution in [2.45, 2.75) is 33.7 Å². The summed E-state index contributed by atoms with van der Waals surface area (Å²) in [7, 11) is 3.99. The van der Waals surface area contributed by atoms with Gasteiger partial charge in [0.05, 0.1) is 0 Å². The summed E-state index contributed by atoms with van der Waals surface area (Å²) in [6.07, 6.45) is 3.10. The van der Waals surface area contributed by atoms with Gasteiger partial charge in [-0.1, -0.05) is 20.3 Å². The Bertz CT molecular complexity index is 351. The summed E-state index contributed by atoms with van der Waals surface area (Å²) in [6, 6.07) is 0. The Hall–Kier alpha value is -1.16. The van der Waals surface area contributed by atoms with Crippen molar-refractivity contribution in [3.63, 3.8) is 0 Å². The lowest BCUT2D eigenvalue weighted by molar-refractivity contribution is 0.554. The van der Waals surface area contributed by atoms with Gasteiger partial charge in [-0.15, -0.1) is 0 Å². The lowest BCUT2D eigenvalue weighted by Crippen LogP contribution is -2.26. The van der Waals surface area contributed by atoms with Gasteiger partial charge in [0.1, 0.15) is 0 Å². The van der Waals surface area contributed by atoms with Gasteiger partial charge in [0.25, 0.3) is 0 Å². The number of hydrogen-bond donors (Lipinski definition) is 1. The normalized spacial score (nSPS) is 12.5. The van der Waals surface area contributed by atoms with E-state index in [4.69, 9.17) is 0 Å². The van der Waals surface area contributed by atoms with Crippen LogP contribution in [-0.2, 0) is 6.54 Å². The maximum atomic E-state index is 4.55. The highest BCUT2D eigenvalue weighted by atomic mass is 15.2. The summed E-state index contributed by atoms with van der Waals surface area (Å²) in [5.74, 6) is 1.49. The maximum absolute atomic E-state index is 4.55. The lowest BCUT2D eigenvalue weighted by atomic mass is 10.1. The molecular formula is C13H24N4. The maximum Gasteiger partial charge on any atom is 0.225 e. The van der Waals surface area contributed by atoms with Gasteiger partial charge in [-0.25, -0.2) is 9.97 Å². The van der Waals surface area contributed by atoms with Crippen LogP contribution in [0, 0.1) is 12.8 Å². The van der Waals surface area contributed by atoms with E-state index in [-0.39, 0.29) is 0 Å². The summed E-state index contributed by atoms with van der Waals surface area (Å²) < 4.78 is 0. The molecule has 1 aromatic heterocycles. The van der Waals surface area contributed by atoms with E-state index >= 15 is 0 Å². The van der Waals surface area contributed by atoms with Crippen LogP contribution < -0.4 is 10.2 Å². The second kappa shape index (κ2) is 6.55. The summed E-state index contributed by atoms with van der Waals surface area (Å²) in [5.41, 5.74) is 2.22. The number of aryl methyl sites for hydroxylation is 1. The summed E-state index contributed by atoms with van der Waals surface area (Å²) in [6.45, 7) is 8.32. The van der Waals surface area contributed by atoms with Gasteiger partial charge in [0.2, 0.25) is 5.95 Å². The van der Waals surface area contributed by atoms with Crippen molar-refractivity contribution in [2.24, 2.45) is 5.92 Å². The van der Waals surface area contributed by atoms with Crippen LogP contribution in [-0.4, -0.2) is 30.6 Å². The van der Waals surface area contributed by atoms with Crippen LogP contribution in [0.2, 0.25) is 0 Å². The molecule has 0 aliphatic carbocycles. The second-order valence-corrected chi connectivity index (χ2v) is 4.70. The number of nitrogens with one attached hydrogen (secondary N) is 1. The molecule has 1 unspecified atom stereocenters. The van der Waals surface area contributed by atoms with E-state index in [2.05, 4.69) is 41.1 Å². The fourth-order valence-electron chi connectivity index (χ4n) is 1.71. The lowest BCUT2D eigenvalue weighted by Gasteiger charge is -2.21. The third-order valence-corrected chi connectivity index (χ3v) is 3.06. The van der Waals surface area contributed by atoms with Gasteiger partial charge in [-0.3, -0.25) is 0 Å². The van der Waals surface area contributed by atoms with Crippen molar-refractivity contribution in [3.05, 3.63) is 17.5 Å². The molecule has 0 radical (unpaired) electrons. The largest absolute Gasteiger partial charge is 0.344 e. The highest BCUT2D eigenvalue weighted by Gasteiger charge is 2.09. The van der Waals surface area contributed by atoms with Crippen molar-refractivity contribution < 1.29 is 0 Å². The zero-order valence-electron chi connectivity index (χ0n) is 11.6. The first kappa shape index (κ1) is 13.9. The van der Waals surface area contributed by atoms with Crippen molar-refractivity contribution in [1.82, 2.24) is 15.3 Å². The van der Waals surface area contributed by atoms with Crippen molar-refractivity contribution in [1.29, 1.82) is 0 Å². The molecule has 1 aromatic rings. The van der Waals surface area contributed by atoms with Gasteiger partial charge in [0.15, 0.2) is 0 Å². The van der Waals surface area contributed by atoms with E-state index in [1.165, 1.54) is 6.42 Å². The molecule has 0 aliphatic heterocycles. The average molecular weight is 236 g/mol. The molecule has 0 amide bonds. The zero-order chi connectivity index (χ0) is 12.8. The molecular weight excluding hydrogens is 212 g/mol. The van der Waals surface area contributed by atoms with Gasteiger partial charge < -0.3 is 10.2 Å². The van der Waals surface area contributed by atoms with E-state index < -0.39 is 0 Å². The predicted molar refractivity (Wildman–Crippen MR) is 72.3 cm³/mol. The first-order chi connectivity index (χ1) is 8.08. The highest BCUT2D eigenvalue weighted by Crippen LogP contribution is 2.12. The van der Waals surface area contributed by atoms with E-state index in [9.17, 15) is 0 Å². The average Bonchev–Trinajstić information content (AvgIpc) is 2.31. The summed E-state index contributed by atoms with van der Waals surface area (Å²) in [4.78, 5) is 11.1. The van der Waals surface area contributed by atoms with E-state index in [0.717, 1.165) is 30.3 Å². The number of hydrogen-bond acceptors (Lipinski definition) is 4. The standard InChI is InChI=1S/C13H24N4/c1-6-10(2)9-17(5)13-15-8-12(7-14-4)11(3)16-13/h8,10,14H,6-7,9H2,1-5H3. The number of rotatable bonds is 6. The molecule has 1 heterocycles. The number of anilines is 1. The van der Waals surface area contributed by atoms with Crippen LogP contribution in [0.15, 0.2) is 6.20 Å². The molecule has 0 aliphatic rings. The quantitative estimate of drug-likeness (QED) is 0.820. The van der Waals surface area contributed by atoms with Crippen LogP contribution in [0.25, 0.3) is 0 Å². The molecule has 0 bridgehead atoms. The van der Waals surface area contributed by atoms with Gasteiger partial charge >= 0.3 is 0 Å². The molecule has 0 fully saturated rings.